The molecular weight excluding hydrogens is 283 g/mol. The predicted octanol–water partition coefficient (Wildman–Crippen LogP) is 0.189. The summed E-state index contributed by atoms with van der Waals surface area (Å²) in [5.74, 6) is 0.411. The molecule has 1 aromatic rings. The van der Waals surface area contributed by atoms with E-state index in [-0.39, 0.29) is 12.3 Å². The summed E-state index contributed by atoms with van der Waals surface area (Å²) in [4.78, 5) is 15.6. The van der Waals surface area contributed by atoms with Crippen LogP contribution >= 0.6 is 0 Å². The van der Waals surface area contributed by atoms with Crippen molar-refractivity contribution in [2.45, 2.75) is 45.3 Å². The highest BCUT2D eigenvalue weighted by Crippen LogP contribution is 2.24. The normalized spacial score (nSPS) is 12.0. The van der Waals surface area contributed by atoms with Crippen LogP contribution in [0.15, 0.2) is 12.3 Å². The Bertz CT molecular complexity index is 527. The van der Waals surface area contributed by atoms with Crippen molar-refractivity contribution in [1.82, 2.24) is 10.3 Å². The molecule has 0 aromatic carbocycles. The van der Waals surface area contributed by atoms with Gasteiger partial charge in [-0.05, 0) is 39.2 Å². The van der Waals surface area contributed by atoms with Gasteiger partial charge < -0.3 is 19.8 Å². The molecule has 0 unspecified atom stereocenters. The number of nitrogens with zero attached hydrogens (tertiary/aromatic N) is 1. The predicted molar refractivity (Wildman–Crippen MR) is 85.4 cm³/mol. The number of ether oxygens (including phenoxy) is 1. The number of aromatic nitrogens is 1. The minimum Gasteiger partial charge on any atom is -0.496 e. The molecule has 1 heterocycles. The molecule has 0 saturated heterocycles. The SMILES string of the molecule is CNC(=O)Cc1cc([B]OC(C)(C)C(C)(C)O)c(OC)cn1. The Labute approximate surface area is 132 Å². The average molecular weight is 307 g/mol. The van der Waals surface area contributed by atoms with Crippen LogP contribution in [0.1, 0.15) is 33.4 Å². The van der Waals surface area contributed by atoms with Crippen molar-refractivity contribution >= 4 is 18.9 Å². The van der Waals surface area contributed by atoms with Gasteiger partial charge in [-0.25, -0.2) is 0 Å². The molecule has 0 fully saturated rings. The third-order valence-electron chi connectivity index (χ3n) is 3.75. The van der Waals surface area contributed by atoms with E-state index in [1.54, 1.807) is 47.0 Å². The third-order valence-corrected chi connectivity index (χ3v) is 3.75. The molecule has 0 aliphatic carbocycles. The maximum Gasteiger partial charge on any atom is 0.334 e. The van der Waals surface area contributed by atoms with E-state index >= 15 is 0 Å². The summed E-state index contributed by atoms with van der Waals surface area (Å²) < 4.78 is 11.0. The molecule has 0 spiro atoms. The first-order chi connectivity index (χ1) is 10.1. The molecule has 6 nitrogen and oxygen atoms in total. The maximum atomic E-state index is 11.4. The van der Waals surface area contributed by atoms with Gasteiger partial charge in [0.2, 0.25) is 5.91 Å². The lowest BCUT2D eigenvalue weighted by atomic mass is 9.82. The first kappa shape index (κ1) is 18.5. The van der Waals surface area contributed by atoms with E-state index in [1.807, 2.05) is 0 Å². The molecule has 2 N–H and O–H groups in total. The fraction of sp³-hybridized carbons (Fsp3) is 0.600. The van der Waals surface area contributed by atoms with E-state index in [0.717, 1.165) is 0 Å². The van der Waals surface area contributed by atoms with Crippen molar-refractivity contribution in [2.24, 2.45) is 0 Å². The first-order valence-electron chi connectivity index (χ1n) is 7.07. The van der Waals surface area contributed by atoms with Crippen molar-refractivity contribution in [3.63, 3.8) is 0 Å². The van der Waals surface area contributed by atoms with Crippen LogP contribution < -0.4 is 15.5 Å². The van der Waals surface area contributed by atoms with Gasteiger partial charge in [0.1, 0.15) is 5.75 Å². The first-order valence-corrected chi connectivity index (χ1v) is 7.07. The van der Waals surface area contributed by atoms with Crippen LogP contribution in [-0.4, -0.2) is 48.8 Å². The van der Waals surface area contributed by atoms with E-state index < -0.39 is 11.2 Å². The van der Waals surface area contributed by atoms with Gasteiger partial charge in [0.05, 0.1) is 30.9 Å². The highest BCUT2D eigenvalue weighted by atomic mass is 16.5. The van der Waals surface area contributed by atoms with E-state index in [2.05, 4.69) is 10.3 Å². The molecule has 121 valence electrons. The fourth-order valence-corrected chi connectivity index (χ4v) is 1.47. The van der Waals surface area contributed by atoms with Gasteiger partial charge in [0, 0.05) is 12.7 Å². The number of nitrogens with one attached hydrogen (secondary N) is 1. The Morgan fingerprint density at radius 3 is 2.55 bits per heavy atom. The zero-order chi connectivity index (χ0) is 17.0. The number of hydrogen-bond acceptors (Lipinski definition) is 5. The van der Waals surface area contributed by atoms with Crippen molar-refractivity contribution in [3.8, 4) is 5.75 Å². The lowest BCUT2D eigenvalue weighted by molar-refractivity contribution is -0.120. The molecule has 1 radical (unpaired) electrons. The van der Waals surface area contributed by atoms with Crippen LogP contribution in [0, 0.1) is 0 Å². The van der Waals surface area contributed by atoms with E-state index in [4.69, 9.17) is 9.39 Å². The molecule has 1 rings (SSSR count). The highest BCUT2D eigenvalue weighted by molar-refractivity contribution is 6.48. The van der Waals surface area contributed by atoms with Gasteiger partial charge in [-0.3, -0.25) is 9.78 Å². The molecule has 0 saturated carbocycles. The van der Waals surface area contributed by atoms with Gasteiger partial charge in [-0.2, -0.15) is 0 Å². The Balaban J connectivity index is 2.92. The second kappa shape index (κ2) is 7.11. The monoisotopic (exact) mass is 307 g/mol. The summed E-state index contributed by atoms with van der Waals surface area (Å²) >= 11 is 0. The number of carbonyl (C=O) groups is 1. The number of aliphatic hydroxyl groups is 1. The topological polar surface area (TPSA) is 80.7 Å². The minimum atomic E-state index is -1.02. The Hall–Kier alpha value is -1.60. The van der Waals surface area contributed by atoms with Crippen LogP contribution in [0.25, 0.3) is 0 Å². The standard InChI is InChI=1S/C15H24BN2O4/c1-14(2,20)15(3,4)22-16-11-7-10(8-13(19)17-5)18-9-12(11)21-6/h7,9,20H,8H2,1-6H3,(H,17,19). The van der Waals surface area contributed by atoms with Gasteiger partial charge >= 0.3 is 7.48 Å². The van der Waals surface area contributed by atoms with Crippen molar-refractivity contribution < 1.29 is 19.3 Å². The number of rotatable bonds is 7. The Morgan fingerprint density at radius 2 is 2.05 bits per heavy atom. The van der Waals surface area contributed by atoms with Crippen molar-refractivity contribution in [2.75, 3.05) is 14.2 Å². The molecule has 22 heavy (non-hydrogen) atoms. The molecule has 7 heteroatoms. The van der Waals surface area contributed by atoms with E-state index in [0.29, 0.717) is 16.9 Å². The number of likely N-dealkylation sites (N-methyl/N-ethyl adjacent to an activating group) is 1. The van der Waals surface area contributed by atoms with Crippen molar-refractivity contribution in [1.29, 1.82) is 0 Å². The van der Waals surface area contributed by atoms with Gasteiger partial charge in [-0.15, -0.1) is 0 Å². The van der Waals surface area contributed by atoms with Crippen LogP contribution in [0.5, 0.6) is 5.75 Å². The number of amides is 1. The Kier molecular flexibility index (Phi) is 5.96. The van der Waals surface area contributed by atoms with E-state index in [1.165, 1.54) is 14.6 Å². The number of hydrogen-bond donors (Lipinski definition) is 2. The van der Waals surface area contributed by atoms with Crippen LogP contribution in [0.2, 0.25) is 0 Å². The second-order valence-electron chi connectivity index (χ2n) is 6.07. The molecule has 0 aliphatic heterocycles. The van der Waals surface area contributed by atoms with Gasteiger partial charge in [0.25, 0.3) is 0 Å². The number of pyridine rings is 1. The van der Waals surface area contributed by atoms with Crippen LogP contribution in [-0.2, 0) is 15.9 Å². The van der Waals surface area contributed by atoms with Gasteiger partial charge in [0.15, 0.2) is 0 Å². The molecular formula is C15H24BN2O4. The maximum absolute atomic E-state index is 11.4. The smallest absolute Gasteiger partial charge is 0.334 e. The molecule has 0 atom stereocenters. The zero-order valence-electron chi connectivity index (χ0n) is 14.1. The summed E-state index contributed by atoms with van der Waals surface area (Å²) in [6.45, 7) is 6.95. The fourth-order valence-electron chi connectivity index (χ4n) is 1.47. The molecule has 1 aromatic heterocycles. The summed E-state index contributed by atoms with van der Waals surface area (Å²) in [7, 11) is 4.63. The summed E-state index contributed by atoms with van der Waals surface area (Å²) in [5.41, 5.74) is -0.540. The summed E-state index contributed by atoms with van der Waals surface area (Å²) in [6.07, 6.45) is 1.72. The van der Waals surface area contributed by atoms with Crippen LogP contribution in [0.3, 0.4) is 0 Å². The zero-order valence-corrected chi connectivity index (χ0v) is 14.1. The highest BCUT2D eigenvalue weighted by Gasteiger charge is 2.36. The number of carbonyl (C=O) groups excluding carboxylic acids is 1. The Morgan fingerprint density at radius 1 is 1.41 bits per heavy atom. The largest absolute Gasteiger partial charge is 0.496 e. The summed E-state index contributed by atoms with van der Waals surface area (Å²) in [5, 5.41) is 12.7. The minimum absolute atomic E-state index is 0.124. The molecule has 0 bridgehead atoms. The third kappa shape index (κ3) is 4.71. The second-order valence-corrected chi connectivity index (χ2v) is 6.07. The summed E-state index contributed by atoms with van der Waals surface area (Å²) in [6, 6.07) is 1.73. The quantitative estimate of drug-likeness (QED) is 0.703. The average Bonchev–Trinajstić information content (AvgIpc) is 2.44. The van der Waals surface area contributed by atoms with Crippen LogP contribution in [0.4, 0.5) is 0 Å². The van der Waals surface area contributed by atoms with E-state index in [9.17, 15) is 9.90 Å². The number of methoxy groups -OCH3 is 1. The lowest BCUT2D eigenvalue weighted by Gasteiger charge is -2.37. The van der Waals surface area contributed by atoms with Gasteiger partial charge in [-0.1, -0.05) is 0 Å². The molecule has 0 aliphatic rings. The van der Waals surface area contributed by atoms with Crippen molar-refractivity contribution in [3.05, 3.63) is 18.0 Å². The molecule has 1 amide bonds. The lowest BCUT2D eigenvalue weighted by Crippen LogP contribution is -2.49.